The van der Waals surface area contributed by atoms with E-state index >= 15 is 0 Å². The predicted molar refractivity (Wildman–Crippen MR) is 106 cm³/mol. The monoisotopic (exact) mass is 399 g/mol. The summed E-state index contributed by atoms with van der Waals surface area (Å²) in [6.07, 6.45) is 3.74. The van der Waals surface area contributed by atoms with Gasteiger partial charge in [-0.25, -0.2) is 9.67 Å². The molecule has 4 rings (SSSR count). The van der Waals surface area contributed by atoms with Gasteiger partial charge in [0.15, 0.2) is 0 Å². The zero-order chi connectivity index (χ0) is 18.8. The van der Waals surface area contributed by atoms with Gasteiger partial charge < -0.3 is 10.3 Å². The highest BCUT2D eigenvalue weighted by atomic mass is 35.5. The van der Waals surface area contributed by atoms with Crippen LogP contribution in [-0.2, 0) is 6.42 Å². The maximum Gasteiger partial charge on any atom is 0.254 e. The number of benzene rings is 2. The van der Waals surface area contributed by atoms with Crippen LogP contribution in [0, 0.1) is 0 Å². The Labute approximate surface area is 165 Å². The summed E-state index contributed by atoms with van der Waals surface area (Å²) in [4.78, 5) is 20.1. The van der Waals surface area contributed by atoms with Crippen LogP contribution < -0.4 is 5.32 Å². The summed E-state index contributed by atoms with van der Waals surface area (Å²) in [6, 6.07) is 12.9. The molecule has 4 aromatic rings. The van der Waals surface area contributed by atoms with Crippen molar-refractivity contribution in [2.24, 2.45) is 0 Å². The van der Waals surface area contributed by atoms with E-state index < -0.39 is 0 Å². The third-order valence-electron chi connectivity index (χ3n) is 4.09. The molecule has 0 saturated heterocycles. The molecular formula is C19H15Cl2N5O. The first kappa shape index (κ1) is 17.6. The zero-order valence-corrected chi connectivity index (χ0v) is 15.6. The van der Waals surface area contributed by atoms with E-state index in [-0.39, 0.29) is 5.91 Å². The molecule has 0 aliphatic heterocycles. The van der Waals surface area contributed by atoms with Gasteiger partial charge in [-0.1, -0.05) is 35.3 Å². The molecule has 6 nitrogen and oxygen atoms in total. The minimum Gasteiger partial charge on any atom is -0.351 e. The average molecular weight is 400 g/mol. The maximum absolute atomic E-state index is 12.3. The minimum atomic E-state index is -0.206. The second-order valence-electron chi connectivity index (χ2n) is 5.98. The van der Waals surface area contributed by atoms with Crippen LogP contribution in [0.15, 0.2) is 54.9 Å². The van der Waals surface area contributed by atoms with Crippen molar-refractivity contribution < 1.29 is 4.79 Å². The van der Waals surface area contributed by atoms with E-state index in [2.05, 4.69) is 20.4 Å². The smallest absolute Gasteiger partial charge is 0.254 e. The molecule has 2 heterocycles. The summed E-state index contributed by atoms with van der Waals surface area (Å²) >= 11 is 12.1. The lowest BCUT2D eigenvalue weighted by Gasteiger charge is -2.04. The van der Waals surface area contributed by atoms with Gasteiger partial charge >= 0.3 is 0 Å². The topological polar surface area (TPSA) is 75.6 Å². The van der Waals surface area contributed by atoms with Crippen molar-refractivity contribution in [3.05, 3.63) is 76.3 Å². The summed E-state index contributed by atoms with van der Waals surface area (Å²) in [5.41, 5.74) is 3.01. The highest BCUT2D eigenvalue weighted by Gasteiger charge is 2.11. The molecule has 0 saturated carbocycles. The summed E-state index contributed by atoms with van der Waals surface area (Å²) in [5.74, 6) is 0.627. The van der Waals surface area contributed by atoms with Crippen LogP contribution in [0.1, 0.15) is 16.2 Å². The van der Waals surface area contributed by atoms with E-state index in [1.165, 1.54) is 6.20 Å². The van der Waals surface area contributed by atoms with E-state index in [0.717, 1.165) is 16.9 Å². The van der Waals surface area contributed by atoms with Gasteiger partial charge in [-0.3, -0.25) is 4.79 Å². The molecule has 0 fully saturated rings. The number of carbonyl (C=O) groups is 1. The first-order valence-corrected chi connectivity index (χ1v) is 9.08. The molecule has 1 amide bonds. The van der Waals surface area contributed by atoms with Crippen molar-refractivity contribution >= 4 is 40.1 Å². The Morgan fingerprint density at radius 3 is 2.85 bits per heavy atom. The molecule has 0 atom stereocenters. The van der Waals surface area contributed by atoms with Gasteiger partial charge in [0, 0.05) is 24.2 Å². The largest absolute Gasteiger partial charge is 0.351 e. The first-order valence-electron chi connectivity index (χ1n) is 8.32. The summed E-state index contributed by atoms with van der Waals surface area (Å²) in [7, 11) is 0. The molecule has 0 aliphatic carbocycles. The number of hydrogen-bond donors (Lipinski definition) is 2. The van der Waals surface area contributed by atoms with E-state index in [0.29, 0.717) is 34.3 Å². The standard InChI is InChI=1S/C19H15Cl2N5O/c20-13-5-6-17(14(21)9-13)26-11-12(10-23-26)19(27)22-8-7-18-24-15-3-1-2-4-16(15)25-18/h1-6,9-11H,7-8H2,(H,22,27)(H,24,25). The second-order valence-corrected chi connectivity index (χ2v) is 6.82. The van der Waals surface area contributed by atoms with E-state index in [4.69, 9.17) is 23.2 Å². The molecule has 0 aliphatic rings. The number of rotatable bonds is 5. The van der Waals surface area contributed by atoms with Crippen molar-refractivity contribution in [2.75, 3.05) is 6.54 Å². The quantitative estimate of drug-likeness (QED) is 0.531. The number of para-hydroxylation sites is 2. The number of imidazole rings is 1. The fourth-order valence-electron chi connectivity index (χ4n) is 2.76. The SMILES string of the molecule is O=C(NCCc1nc2ccccc2[nH]1)c1cnn(-c2ccc(Cl)cc2Cl)c1. The lowest BCUT2D eigenvalue weighted by atomic mass is 10.3. The third-order valence-corrected chi connectivity index (χ3v) is 4.62. The molecule has 2 N–H and O–H groups in total. The van der Waals surface area contributed by atoms with Crippen LogP contribution in [0.2, 0.25) is 10.0 Å². The Balaban J connectivity index is 1.39. The molecule has 0 spiro atoms. The average Bonchev–Trinajstić information content (AvgIpc) is 3.28. The number of halogens is 2. The van der Waals surface area contributed by atoms with Gasteiger partial charge in [-0.05, 0) is 30.3 Å². The highest BCUT2D eigenvalue weighted by molar-refractivity contribution is 6.35. The summed E-state index contributed by atoms with van der Waals surface area (Å²) in [5, 5.41) is 8.08. The van der Waals surface area contributed by atoms with Crippen molar-refractivity contribution in [2.45, 2.75) is 6.42 Å². The first-order chi connectivity index (χ1) is 13.1. The van der Waals surface area contributed by atoms with Gasteiger partial charge in [0.25, 0.3) is 5.91 Å². The normalized spacial score (nSPS) is 11.0. The molecule has 27 heavy (non-hydrogen) atoms. The van der Waals surface area contributed by atoms with Crippen molar-refractivity contribution in [1.29, 1.82) is 0 Å². The predicted octanol–water partition coefficient (Wildman–Crippen LogP) is 4.03. The Bertz CT molecular complexity index is 1090. The third kappa shape index (κ3) is 3.82. The van der Waals surface area contributed by atoms with Gasteiger partial charge in [-0.2, -0.15) is 5.10 Å². The molecule has 2 aromatic carbocycles. The molecule has 2 aromatic heterocycles. The molecule has 136 valence electrons. The number of hydrogen-bond acceptors (Lipinski definition) is 3. The Kier molecular flexibility index (Phi) is 4.83. The van der Waals surface area contributed by atoms with Crippen LogP contribution >= 0.6 is 23.2 Å². The van der Waals surface area contributed by atoms with Crippen LogP contribution in [0.5, 0.6) is 0 Å². The highest BCUT2D eigenvalue weighted by Crippen LogP contribution is 2.24. The molecule has 0 radical (unpaired) electrons. The number of nitrogens with one attached hydrogen (secondary N) is 2. The Hall–Kier alpha value is -2.83. The lowest BCUT2D eigenvalue weighted by molar-refractivity contribution is 0.0954. The number of carbonyl (C=O) groups excluding carboxylic acids is 1. The summed E-state index contributed by atoms with van der Waals surface area (Å²) < 4.78 is 1.55. The Morgan fingerprint density at radius 1 is 1.19 bits per heavy atom. The minimum absolute atomic E-state index is 0.206. The van der Waals surface area contributed by atoms with Crippen molar-refractivity contribution in [3.8, 4) is 5.69 Å². The van der Waals surface area contributed by atoms with Crippen LogP contribution in [0.4, 0.5) is 0 Å². The number of aromatic amines is 1. The van der Waals surface area contributed by atoms with Gasteiger partial charge in [-0.15, -0.1) is 0 Å². The molecule has 0 bridgehead atoms. The van der Waals surface area contributed by atoms with Crippen LogP contribution in [-0.4, -0.2) is 32.2 Å². The number of aromatic nitrogens is 4. The zero-order valence-electron chi connectivity index (χ0n) is 14.1. The van der Waals surface area contributed by atoms with Gasteiger partial charge in [0.2, 0.25) is 0 Å². The van der Waals surface area contributed by atoms with Gasteiger partial charge in [0.05, 0.1) is 33.5 Å². The van der Waals surface area contributed by atoms with Crippen molar-refractivity contribution in [3.63, 3.8) is 0 Å². The van der Waals surface area contributed by atoms with E-state index in [1.54, 1.807) is 29.1 Å². The lowest BCUT2D eigenvalue weighted by Crippen LogP contribution is -2.25. The van der Waals surface area contributed by atoms with Gasteiger partial charge in [0.1, 0.15) is 5.82 Å². The molecule has 8 heteroatoms. The van der Waals surface area contributed by atoms with E-state index in [9.17, 15) is 4.79 Å². The fraction of sp³-hybridized carbons (Fsp3) is 0.105. The van der Waals surface area contributed by atoms with Crippen LogP contribution in [0.3, 0.4) is 0 Å². The number of fused-ring (bicyclic) bond motifs is 1. The second kappa shape index (κ2) is 7.42. The van der Waals surface area contributed by atoms with Crippen molar-refractivity contribution in [1.82, 2.24) is 25.1 Å². The van der Waals surface area contributed by atoms with E-state index in [1.807, 2.05) is 24.3 Å². The molecular weight excluding hydrogens is 385 g/mol. The number of H-pyrrole nitrogens is 1. The number of nitrogens with zero attached hydrogens (tertiary/aromatic N) is 3. The van der Waals surface area contributed by atoms with Crippen LogP contribution in [0.25, 0.3) is 16.7 Å². The fourth-order valence-corrected chi connectivity index (χ4v) is 3.25. The summed E-state index contributed by atoms with van der Waals surface area (Å²) in [6.45, 7) is 0.464. The number of amides is 1. The maximum atomic E-state index is 12.3. The molecule has 0 unspecified atom stereocenters. The Morgan fingerprint density at radius 2 is 2.04 bits per heavy atom.